The summed E-state index contributed by atoms with van der Waals surface area (Å²) in [5.41, 5.74) is 13.7. The second-order valence-corrected chi connectivity index (χ2v) is 11.0. The highest BCUT2D eigenvalue weighted by atomic mass is 79.9. The van der Waals surface area contributed by atoms with Crippen molar-refractivity contribution >= 4 is 39.1 Å². The number of aromatic amines is 1. The zero-order valence-corrected chi connectivity index (χ0v) is 27.6. The fraction of sp³-hybridized carbons (Fsp3) is 0.355. The van der Waals surface area contributed by atoms with Gasteiger partial charge in [0.05, 0.1) is 17.1 Å². The molecule has 13 nitrogen and oxygen atoms in total. The first kappa shape index (κ1) is 35.2. The monoisotopic (exact) mass is 683 g/mol. The van der Waals surface area contributed by atoms with Crippen molar-refractivity contribution in [2.24, 2.45) is 11.5 Å². The predicted octanol–water partition coefficient (Wildman–Crippen LogP) is 3.10. The number of anilines is 2. The van der Waals surface area contributed by atoms with Crippen molar-refractivity contribution in [2.75, 3.05) is 50.7 Å². The molecule has 0 fully saturated rings. The number of carbonyl (C=O) groups is 2. The molecular formula is C31H42BrN9O4. The van der Waals surface area contributed by atoms with Crippen molar-refractivity contribution in [2.45, 2.75) is 31.8 Å². The van der Waals surface area contributed by atoms with Crippen LogP contribution in [0, 0.1) is 0 Å². The zero-order chi connectivity index (χ0) is 32.8. The van der Waals surface area contributed by atoms with Crippen LogP contribution in [0.1, 0.15) is 19.8 Å². The minimum Gasteiger partial charge on any atom is -0.489 e. The maximum Gasteiger partial charge on any atom is 0.247 e. The Labute approximate surface area is 272 Å². The number of H-pyrrole nitrogens is 1. The highest BCUT2D eigenvalue weighted by Crippen LogP contribution is 2.33. The molecule has 0 radical (unpaired) electrons. The number of hydrogen-bond acceptors (Lipinski definition) is 9. The summed E-state index contributed by atoms with van der Waals surface area (Å²) in [6.07, 6.45) is 9.59. The highest BCUT2D eigenvalue weighted by molar-refractivity contribution is 9.10. The van der Waals surface area contributed by atoms with E-state index in [4.69, 9.17) is 20.9 Å². The van der Waals surface area contributed by atoms with Crippen molar-refractivity contribution in [1.82, 2.24) is 25.3 Å². The summed E-state index contributed by atoms with van der Waals surface area (Å²) < 4.78 is 13.6. The van der Waals surface area contributed by atoms with Crippen LogP contribution in [0.25, 0.3) is 5.69 Å². The lowest BCUT2D eigenvalue weighted by atomic mass is 10.2. The molecule has 2 aromatic carbocycles. The van der Waals surface area contributed by atoms with Gasteiger partial charge < -0.3 is 36.1 Å². The van der Waals surface area contributed by atoms with Gasteiger partial charge in [-0.25, -0.2) is 4.68 Å². The second-order valence-electron chi connectivity index (χ2n) is 10.1. The molecule has 4 aromatic rings. The summed E-state index contributed by atoms with van der Waals surface area (Å²) in [7, 11) is 5.38. The molecule has 45 heavy (non-hydrogen) atoms. The molecule has 6 N–H and O–H groups in total. The van der Waals surface area contributed by atoms with Crippen LogP contribution in [0.3, 0.4) is 0 Å². The van der Waals surface area contributed by atoms with Gasteiger partial charge in [0.25, 0.3) is 0 Å². The Balaban J connectivity index is 0.000000187. The normalized spacial score (nSPS) is 16.9. The molecule has 0 unspecified atom stereocenters. The molecule has 14 heteroatoms. The van der Waals surface area contributed by atoms with E-state index < -0.39 is 12.1 Å². The minimum absolute atomic E-state index is 0.133. The van der Waals surface area contributed by atoms with Crippen LogP contribution in [0.4, 0.5) is 11.4 Å². The van der Waals surface area contributed by atoms with E-state index in [-0.39, 0.29) is 25.0 Å². The number of rotatable bonds is 4. The Morgan fingerprint density at radius 2 is 1.58 bits per heavy atom. The lowest BCUT2D eigenvalue weighted by Gasteiger charge is -2.18. The van der Waals surface area contributed by atoms with Crippen LogP contribution < -0.4 is 36.1 Å². The van der Waals surface area contributed by atoms with E-state index in [2.05, 4.69) is 43.5 Å². The number of likely N-dealkylation sites (N-methyl/N-ethyl adjacent to an activating group) is 2. The number of nitrogens with two attached hydrogens (primary N) is 2. The van der Waals surface area contributed by atoms with E-state index >= 15 is 0 Å². The molecule has 242 valence electrons. The SMILES string of the molecule is CCCCNC.CN1C(=O)[C@@H](N)COc2ccc(-n3cccn3)cc21.CN1C(=O)[C@@H](N)COc2ccc(Br)cc21.c1cn[nH]c1. The lowest BCUT2D eigenvalue weighted by Crippen LogP contribution is -2.43. The molecule has 6 rings (SSSR count). The third-order valence-corrected chi connectivity index (χ3v) is 7.17. The van der Waals surface area contributed by atoms with Gasteiger partial charge in [0.1, 0.15) is 36.8 Å². The van der Waals surface area contributed by atoms with Crippen LogP contribution >= 0.6 is 15.9 Å². The van der Waals surface area contributed by atoms with Gasteiger partial charge in [0.2, 0.25) is 11.8 Å². The van der Waals surface area contributed by atoms with Crippen LogP contribution in [-0.4, -0.2) is 84.8 Å². The predicted molar refractivity (Wildman–Crippen MR) is 179 cm³/mol. The largest absolute Gasteiger partial charge is 0.489 e. The smallest absolute Gasteiger partial charge is 0.247 e. The third kappa shape index (κ3) is 10.1. The quantitative estimate of drug-likeness (QED) is 0.236. The number of nitrogens with one attached hydrogen (secondary N) is 2. The van der Waals surface area contributed by atoms with Gasteiger partial charge in [-0.3, -0.25) is 14.7 Å². The molecule has 0 aliphatic carbocycles. The number of hydrogen-bond donors (Lipinski definition) is 4. The Bertz CT molecular complexity index is 1450. The van der Waals surface area contributed by atoms with Gasteiger partial charge in [-0.2, -0.15) is 10.2 Å². The van der Waals surface area contributed by atoms with Crippen molar-refractivity contribution in [3.63, 3.8) is 0 Å². The number of aromatic nitrogens is 4. The maximum absolute atomic E-state index is 12.0. The van der Waals surface area contributed by atoms with Gasteiger partial charge in [-0.15, -0.1) is 0 Å². The molecule has 2 amide bonds. The Morgan fingerprint density at radius 3 is 2.04 bits per heavy atom. The van der Waals surface area contributed by atoms with E-state index in [1.54, 1.807) is 37.4 Å². The van der Waals surface area contributed by atoms with Crippen molar-refractivity contribution in [3.05, 3.63) is 77.8 Å². The number of unbranched alkanes of at least 4 members (excludes halogenated alkanes) is 1. The summed E-state index contributed by atoms with van der Waals surface area (Å²) in [5.74, 6) is 1.05. The fourth-order valence-electron chi connectivity index (χ4n) is 4.13. The molecule has 0 saturated carbocycles. The first-order valence-corrected chi connectivity index (χ1v) is 15.3. The molecule has 2 aliphatic rings. The molecule has 2 atom stereocenters. The lowest BCUT2D eigenvalue weighted by molar-refractivity contribution is -0.120. The maximum atomic E-state index is 12.0. The Morgan fingerprint density at radius 1 is 0.956 bits per heavy atom. The van der Waals surface area contributed by atoms with Crippen molar-refractivity contribution in [1.29, 1.82) is 0 Å². The van der Waals surface area contributed by atoms with Crippen LogP contribution in [0.15, 0.2) is 77.8 Å². The molecular weight excluding hydrogens is 642 g/mol. The topological polar surface area (TPSA) is 170 Å². The van der Waals surface area contributed by atoms with Gasteiger partial charge in [-0.05, 0) is 68.5 Å². The van der Waals surface area contributed by atoms with Gasteiger partial charge >= 0.3 is 0 Å². The molecule has 0 saturated heterocycles. The molecule has 4 heterocycles. The highest BCUT2D eigenvalue weighted by Gasteiger charge is 2.27. The summed E-state index contributed by atoms with van der Waals surface area (Å²) in [5, 5.41) is 13.4. The number of halogens is 1. The molecule has 2 aromatic heterocycles. The van der Waals surface area contributed by atoms with Crippen LogP contribution in [-0.2, 0) is 9.59 Å². The van der Waals surface area contributed by atoms with Crippen molar-refractivity contribution in [3.8, 4) is 17.2 Å². The number of ether oxygens (including phenoxy) is 2. The fourth-order valence-corrected chi connectivity index (χ4v) is 4.48. The Hall–Kier alpha value is -4.24. The molecule has 2 aliphatic heterocycles. The van der Waals surface area contributed by atoms with E-state index in [0.29, 0.717) is 17.2 Å². The number of nitrogens with zero attached hydrogens (tertiary/aromatic N) is 5. The average molecular weight is 685 g/mol. The average Bonchev–Trinajstić information content (AvgIpc) is 3.80. The minimum atomic E-state index is -0.634. The summed E-state index contributed by atoms with van der Waals surface area (Å²) in [4.78, 5) is 26.8. The van der Waals surface area contributed by atoms with E-state index in [0.717, 1.165) is 22.4 Å². The van der Waals surface area contributed by atoms with Gasteiger partial charge in [0.15, 0.2) is 0 Å². The zero-order valence-electron chi connectivity index (χ0n) is 26.0. The Kier molecular flexibility index (Phi) is 14.0. The number of carbonyl (C=O) groups excluding carboxylic acids is 2. The first-order chi connectivity index (χ1) is 21.7. The summed E-state index contributed by atoms with van der Waals surface area (Å²) >= 11 is 3.35. The summed E-state index contributed by atoms with van der Waals surface area (Å²) in [6.45, 7) is 3.77. The van der Waals surface area contributed by atoms with Crippen LogP contribution in [0.5, 0.6) is 11.5 Å². The first-order valence-electron chi connectivity index (χ1n) is 14.5. The van der Waals surface area contributed by atoms with Gasteiger partial charge in [0, 0.05) is 43.4 Å². The number of fused-ring (bicyclic) bond motifs is 2. The van der Waals surface area contributed by atoms with E-state index in [1.165, 1.54) is 22.6 Å². The number of amides is 2. The van der Waals surface area contributed by atoms with Gasteiger partial charge in [-0.1, -0.05) is 29.3 Å². The molecule has 0 spiro atoms. The van der Waals surface area contributed by atoms with E-state index in [9.17, 15) is 9.59 Å². The van der Waals surface area contributed by atoms with Crippen molar-refractivity contribution < 1.29 is 19.1 Å². The number of benzene rings is 2. The second kappa shape index (κ2) is 17.9. The molecule has 0 bridgehead atoms. The standard InChI is InChI=1S/C13H14N4O2.C10H11BrN2O2.C5H13N.C3H4N2/c1-16-11-7-9(17-6-2-5-15-17)3-4-12(11)19-8-10(14)13(16)18;1-13-8-4-6(11)2-3-9(8)15-5-7(12)10(13)14;1-3-4-5-6-2;1-2-4-5-3-1/h2-7,10H,8,14H2,1H3;2-4,7H,5,12H2,1H3;6H,3-5H2,1-2H3;1-3H,(H,4,5)/t10-;7-;;/m00../s1. The van der Waals surface area contributed by atoms with E-state index in [1.807, 2.05) is 61.8 Å². The summed E-state index contributed by atoms with van der Waals surface area (Å²) in [6, 6.07) is 13.5. The third-order valence-electron chi connectivity index (χ3n) is 6.67. The van der Waals surface area contributed by atoms with Crippen LogP contribution in [0.2, 0.25) is 0 Å².